The van der Waals surface area contributed by atoms with Crippen LogP contribution in [0.3, 0.4) is 0 Å². The quantitative estimate of drug-likeness (QED) is 0.680. The normalized spacial score (nSPS) is 11.7. The van der Waals surface area contributed by atoms with E-state index in [9.17, 15) is 9.59 Å². The molecule has 0 bridgehead atoms. The summed E-state index contributed by atoms with van der Waals surface area (Å²) < 4.78 is 15.3. The number of hydrogen-bond acceptors (Lipinski definition) is 7. The van der Waals surface area contributed by atoms with Crippen LogP contribution in [0, 0.1) is 0 Å². The van der Waals surface area contributed by atoms with E-state index in [4.69, 9.17) is 19.3 Å². The molecular formula is C17H20N2O6S. The summed E-state index contributed by atoms with van der Waals surface area (Å²) in [7, 11) is 4.40. The average molecular weight is 380 g/mol. The van der Waals surface area contributed by atoms with Gasteiger partial charge in [-0.05, 0) is 18.2 Å². The highest BCUT2D eigenvalue weighted by molar-refractivity contribution is 7.13. The molecule has 0 radical (unpaired) electrons. The van der Waals surface area contributed by atoms with Gasteiger partial charge in [0, 0.05) is 18.1 Å². The Bertz CT molecular complexity index is 776. The topological polar surface area (TPSA) is 107 Å². The lowest BCUT2D eigenvalue weighted by molar-refractivity contribution is -0.148. The molecule has 0 aliphatic carbocycles. The van der Waals surface area contributed by atoms with E-state index in [1.807, 2.05) is 12.1 Å². The molecule has 1 atom stereocenters. The third kappa shape index (κ3) is 4.93. The molecule has 0 aliphatic rings. The van der Waals surface area contributed by atoms with Gasteiger partial charge < -0.3 is 24.6 Å². The smallest absolute Gasteiger partial charge is 0.334 e. The van der Waals surface area contributed by atoms with Gasteiger partial charge in [0.1, 0.15) is 5.01 Å². The highest BCUT2D eigenvalue weighted by Gasteiger charge is 2.18. The van der Waals surface area contributed by atoms with Gasteiger partial charge >= 0.3 is 5.97 Å². The van der Waals surface area contributed by atoms with Crippen LogP contribution >= 0.6 is 11.3 Å². The predicted octanol–water partition coefficient (Wildman–Crippen LogP) is 1.59. The summed E-state index contributed by atoms with van der Waals surface area (Å²) in [6.07, 6.45) is -1.02. The van der Waals surface area contributed by atoms with E-state index in [2.05, 4.69) is 10.3 Å². The zero-order chi connectivity index (χ0) is 19.1. The van der Waals surface area contributed by atoms with Crippen LogP contribution < -0.4 is 14.8 Å². The van der Waals surface area contributed by atoms with Crippen LogP contribution in [0.25, 0.3) is 10.6 Å². The van der Waals surface area contributed by atoms with E-state index in [0.717, 1.165) is 10.6 Å². The molecule has 1 amide bonds. The zero-order valence-electron chi connectivity index (χ0n) is 14.6. The number of nitrogens with one attached hydrogen (secondary N) is 1. The lowest BCUT2D eigenvalue weighted by Gasteiger charge is -2.11. The number of carbonyl (C=O) groups is 2. The van der Waals surface area contributed by atoms with Crippen molar-refractivity contribution in [3.8, 4) is 22.1 Å². The third-order valence-corrected chi connectivity index (χ3v) is 4.51. The number of carboxylic acids is 1. The van der Waals surface area contributed by atoms with Crippen molar-refractivity contribution in [2.45, 2.75) is 12.5 Å². The average Bonchev–Trinajstić information content (AvgIpc) is 3.09. The minimum atomic E-state index is -1.13. The minimum absolute atomic E-state index is 0.0554. The summed E-state index contributed by atoms with van der Waals surface area (Å²) in [5, 5.41) is 13.9. The molecule has 9 heteroatoms. The number of methoxy groups -OCH3 is 3. The van der Waals surface area contributed by atoms with Gasteiger partial charge in [0.25, 0.3) is 0 Å². The van der Waals surface area contributed by atoms with Crippen LogP contribution in [-0.2, 0) is 20.7 Å². The molecule has 1 heterocycles. The number of carboxylic acid groups (broad SMARTS) is 1. The number of thiazole rings is 1. The highest BCUT2D eigenvalue weighted by Crippen LogP contribution is 2.33. The van der Waals surface area contributed by atoms with Gasteiger partial charge in [-0.25, -0.2) is 9.78 Å². The fraction of sp³-hybridized carbons (Fsp3) is 0.353. The maximum Gasteiger partial charge on any atom is 0.334 e. The van der Waals surface area contributed by atoms with Crippen molar-refractivity contribution < 1.29 is 28.9 Å². The Hall–Kier alpha value is -2.65. The number of hydrogen-bond donors (Lipinski definition) is 2. The number of benzene rings is 1. The molecule has 140 valence electrons. The van der Waals surface area contributed by atoms with Crippen molar-refractivity contribution in [2.24, 2.45) is 0 Å². The molecule has 1 unspecified atom stereocenters. The summed E-state index contributed by atoms with van der Waals surface area (Å²) in [6, 6.07) is 5.47. The Balaban J connectivity index is 2.01. The van der Waals surface area contributed by atoms with E-state index < -0.39 is 12.1 Å². The zero-order valence-corrected chi connectivity index (χ0v) is 15.5. The van der Waals surface area contributed by atoms with E-state index in [-0.39, 0.29) is 18.9 Å². The van der Waals surface area contributed by atoms with Crippen LogP contribution in [-0.4, -0.2) is 55.9 Å². The standard InChI is InChI=1S/C17H20N2O6S/c1-23-12-5-4-10(6-13(12)24-2)16-19-11(9-26-16)7-15(20)18-8-14(25-3)17(21)22/h4-6,9,14H,7-8H2,1-3H3,(H,18,20)(H,21,22). The first-order chi connectivity index (χ1) is 12.5. The Morgan fingerprint density at radius 3 is 2.58 bits per heavy atom. The molecular weight excluding hydrogens is 360 g/mol. The van der Waals surface area contributed by atoms with Crippen LogP contribution in [0.5, 0.6) is 11.5 Å². The number of ether oxygens (including phenoxy) is 3. The van der Waals surface area contributed by atoms with Gasteiger partial charge in [-0.3, -0.25) is 4.79 Å². The van der Waals surface area contributed by atoms with Crippen LogP contribution in [0.15, 0.2) is 23.6 Å². The van der Waals surface area contributed by atoms with Crippen LogP contribution in [0.1, 0.15) is 5.69 Å². The molecule has 2 N–H and O–H groups in total. The van der Waals surface area contributed by atoms with Crippen molar-refractivity contribution in [3.05, 3.63) is 29.3 Å². The SMILES string of the molecule is COc1ccc(-c2nc(CC(=O)NCC(OC)C(=O)O)cs2)cc1OC. The number of carbonyl (C=O) groups excluding carboxylic acids is 1. The molecule has 2 aromatic rings. The number of aliphatic carboxylic acids is 1. The Morgan fingerprint density at radius 1 is 1.23 bits per heavy atom. The largest absolute Gasteiger partial charge is 0.493 e. The summed E-state index contributed by atoms with van der Waals surface area (Å²) >= 11 is 1.40. The Labute approximate surface area is 154 Å². The van der Waals surface area contributed by atoms with Crippen molar-refractivity contribution in [1.82, 2.24) is 10.3 Å². The second-order valence-corrected chi connectivity index (χ2v) is 6.12. The van der Waals surface area contributed by atoms with Crippen molar-refractivity contribution in [3.63, 3.8) is 0 Å². The number of rotatable bonds is 9. The van der Waals surface area contributed by atoms with Gasteiger partial charge in [-0.15, -0.1) is 11.3 Å². The van der Waals surface area contributed by atoms with Crippen molar-refractivity contribution in [2.75, 3.05) is 27.9 Å². The molecule has 8 nitrogen and oxygen atoms in total. The Morgan fingerprint density at radius 2 is 1.96 bits per heavy atom. The molecule has 0 aliphatic heterocycles. The molecule has 0 spiro atoms. The summed E-state index contributed by atoms with van der Waals surface area (Å²) in [5.41, 5.74) is 1.45. The van der Waals surface area contributed by atoms with E-state index in [1.165, 1.54) is 18.4 Å². The minimum Gasteiger partial charge on any atom is -0.493 e. The maximum absolute atomic E-state index is 12.0. The van der Waals surface area contributed by atoms with Gasteiger partial charge in [0.2, 0.25) is 5.91 Å². The van der Waals surface area contributed by atoms with Crippen molar-refractivity contribution in [1.29, 1.82) is 0 Å². The van der Waals surface area contributed by atoms with E-state index in [0.29, 0.717) is 17.2 Å². The highest BCUT2D eigenvalue weighted by atomic mass is 32.1. The van der Waals surface area contributed by atoms with Gasteiger partial charge in [0.15, 0.2) is 17.6 Å². The molecule has 0 fully saturated rings. The van der Waals surface area contributed by atoms with Gasteiger partial charge in [-0.2, -0.15) is 0 Å². The third-order valence-electron chi connectivity index (χ3n) is 3.57. The molecule has 0 saturated carbocycles. The lowest BCUT2D eigenvalue weighted by atomic mass is 10.2. The predicted molar refractivity (Wildman–Crippen MR) is 95.8 cm³/mol. The number of amides is 1. The molecule has 26 heavy (non-hydrogen) atoms. The van der Waals surface area contributed by atoms with Gasteiger partial charge in [-0.1, -0.05) is 0 Å². The van der Waals surface area contributed by atoms with E-state index >= 15 is 0 Å². The summed E-state index contributed by atoms with van der Waals surface area (Å²) in [5.74, 6) is -0.230. The molecule has 1 aromatic heterocycles. The number of nitrogens with zero attached hydrogens (tertiary/aromatic N) is 1. The summed E-state index contributed by atoms with van der Waals surface area (Å²) in [6.45, 7) is -0.0999. The number of aromatic nitrogens is 1. The van der Waals surface area contributed by atoms with Crippen LogP contribution in [0.4, 0.5) is 0 Å². The van der Waals surface area contributed by atoms with Crippen molar-refractivity contribution >= 4 is 23.2 Å². The second kappa shape index (κ2) is 9.16. The van der Waals surface area contributed by atoms with Gasteiger partial charge in [0.05, 0.1) is 32.9 Å². The second-order valence-electron chi connectivity index (χ2n) is 5.26. The first-order valence-corrected chi connectivity index (χ1v) is 8.55. The Kier molecular flexibility index (Phi) is 6.93. The lowest BCUT2D eigenvalue weighted by Crippen LogP contribution is -2.38. The molecule has 0 saturated heterocycles. The van der Waals surface area contributed by atoms with E-state index in [1.54, 1.807) is 25.7 Å². The fourth-order valence-corrected chi connectivity index (χ4v) is 3.01. The monoisotopic (exact) mass is 380 g/mol. The summed E-state index contributed by atoms with van der Waals surface area (Å²) in [4.78, 5) is 27.3. The maximum atomic E-state index is 12.0. The first kappa shape index (κ1) is 19.7. The molecule has 1 aromatic carbocycles. The molecule has 2 rings (SSSR count). The first-order valence-electron chi connectivity index (χ1n) is 7.67. The fourth-order valence-electron chi connectivity index (χ4n) is 2.20. The van der Waals surface area contributed by atoms with Crippen LogP contribution in [0.2, 0.25) is 0 Å².